The van der Waals surface area contributed by atoms with Crippen LogP contribution in [0, 0.1) is 0 Å². The van der Waals surface area contributed by atoms with E-state index in [1.165, 1.54) is 5.56 Å². The lowest BCUT2D eigenvalue weighted by molar-refractivity contribution is 0.378. The predicted octanol–water partition coefficient (Wildman–Crippen LogP) is 3.64. The molecule has 0 fully saturated rings. The van der Waals surface area contributed by atoms with Crippen LogP contribution in [0.4, 0.5) is 0 Å². The van der Waals surface area contributed by atoms with Crippen LogP contribution in [0.3, 0.4) is 0 Å². The average molecular weight is 384 g/mol. The maximum absolute atomic E-state index is 6.01. The van der Waals surface area contributed by atoms with Gasteiger partial charge in [-0.05, 0) is 17.7 Å². The fourth-order valence-corrected chi connectivity index (χ4v) is 2.68. The summed E-state index contributed by atoms with van der Waals surface area (Å²) in [5.41, 5.74) is 2.01. The van der Waals surface area contributed by atoms with Crippen LogP contribution in [-0.4, -0.2) is 41.6 Å². The van der Waals surface area contributed by atoms with Gasteiger partial charge < -0.3 is 14.7 Å². The topological polar surface area (TPSA) is 66.5 Å². The second kappa shape index (κ2) is 9.19. The summed E-state index contributed by atoms with van der Waals surface area (Å²) in [7, 11) is 3.92. The Hall–Kier alpha value is -2.86. The number of nitrogens with one attached hydrogen (secondary N) is 1. The Balaban J connectivity index is 1.56. The molecule has 6 nitrogen and oxygen atoms in total. The molecule has 2 aromatic carbocycles. The summed E-state index contributed by atoms with van der Waals surface area (Å²) < 4.78 is 5.33. The Morgan fingerprint density at radius 1 is 1.15 bits per heavy atom. The van der Waals surface area contributed by atoms with Gasteiger partial charge in [0.25, 0.3) is 0 Å². The third-order valence-electron chi connectivity index (χ3n) is 3.85. The minimum Gasteiger partial charge on any atom is -0.356 e. The highest BCUT2D eigenvalue weighted by Crippen LogP contribution is 2.19. The van der Waals surface area contributed by atoms with E-state index in [2.05, 4.69) is 32.6 Å². The van der Waals surface area contributed by atoms with E-state index in [0.29, 0.717) is 36.2 Å². The Morgan fingerprint density at radius 3 is 2.70 bits per heavy atom. The summed E-state index contributed by atoms with van der Waals surface area (Å²) in [6.07, 6.45) is 0.603. The minimum atomic E-state index is 0.540. The monoisotopic (exact) mass is 383 g/mol. The maximum atomic E-state index is 6.01. The van der Waals surface area contributed by atoms with Crippen LogP contribution in [0.2, 0.25) is 5.02 Å². The summed E-state index contributed by atoms with van der Waals surface area (Å²) in [6, 6.07) is 17.5. The average Bonchev–Trinajstić information content (AvgIpc) is 3.14. The molecular formula is C20H22ClN5O. The molecule has 0 bridgehead atoms. The van der Waals surface area contributed by atoms with Crippen LogP contribution >= 0.6 is 11.6 Å². The first-order chi connectivity index (χ1) is 13.1. The molecule has 3 aromatic rings. The van der Waals surface area contributed by atoms with Gasteiger partial charge in [0.2, 0.25) is 11.7 Å². The highest BCUT2D eigenvalue weighted by molar-refractivity contribution is 6.30. The minimum absolute atomic E-state index is 0.540. The summed E-state index contributed by atoms with van der Waals surface area (Å²) in [5.74, 6) is 1.92. The molecule has 3 rings (SSSR count). The normalized spacial score (nSPS) is 11.4. The van der Waals surface area contributed by atoms with Gasteiger partial charge >= 0.3 is 0 Å². The van der Waals surface area contributed by atoms with Crippen molar-refractivity contribution in [1.29, 1.82) is 0 Å². The molecule has 0 saturated carbocycles. The van der Waals surface area contributed by atoms with E-state index in [1.807, 2.05) is 61.5 Å². The van der Waals surface area contributed by atoms with E-state index >= 15 is 0 Å². The van der Waals surface area contributed by atoms with E-state index in [-0.39, 0.29) is 0 Å². The first-order valence-electron chi connectivity index (χ1n) is 8.70. The molecule has 0 amide bonds. The van der Waals surface area contributed by atoms with Crippen LogP contribution in [0.5, 0.6) is 0 Å². The molecule has 0 unspecified atom stereocenters. The van der Waals surface area contributed by atoms with E-state index in [4.69, 9.17) is 16.1 Å². The Kier molecular flexibility index (Phi) is 6.44. The Bertz CT molecular complexity index is 892. The lowest BCUT2D eigenvalue weighted by Crippen LogP contribution is -2.37. The predicted molar refractivity (Wildman–Crippen MR) is 108 cm³/mol. The molecule has 7 heteroatoms. The summed E-state index contributed by atoms with van der Waals surface area (Å²) in [5, 5.41) is 7.99. The van der Waals surface area contributed by atoms with Crippen molar-refractivity contribution >= 4 is 17.6 Å². The van der Waals surface area contributed by atoms with Gasteiger partial charge in [-0.25, -0.2) is 4.99 Å². The third kappa shape index (κ3) is 5.56. The van der Waals surface area contributed by atoms with Gasteiger partial charge in [0, 0.05) is 37.6 Å². The van der Waals surface area contributed by atoms with Gasteiger partial charge in [-0.2, -0.15) is 4.98 Å². The second-order valence-corrected chi connectivity index (χ2v) is 6.66. The summed E-state index contributed by atoms with van der Waals surface area (Å²) >= 11 is 6.01. The van der Waals surface area contributed by atoms with Gasteiger partial charge in [-0.3, -0.25) is 0 Å². The smallest absolute Gasteiger partial charge is 0.228 e. The number of aromatic nitrogens is 2. The number of rotatable bonds is 6. The van der Waals surface area contributed by atoms with Gasteiger partial charge in [-0.1, -0.05) is 59.2 Å². The van der Waals surface area contributed by atoms with Crippen molar-refractivity contribution in [2.24, 2.45) is 4.99 Å². The molecule has 0 atom stereocenters. The van der Waals surface area contributed by atoms with E-state index in [9.17, 15) is 0 Å². The zero-order valence-electron chi connectivity index (χ0n) is 15.4. The molecule has 0 saturated heterocycles. The van der Waals surface area contributed by atoms with Crippen molar-refractivity contribution in [3.63, 3.8) is 0 Å². The lowest BCUT2D eigenvalue weighted by atomic mass is 10.2. The van der Waals surface area contributed by atoms with Crippen molar-refractivity contribution in [2.75, 3.05) is 20.6 Å². The van der Waals surface area contributed by atoms with Crippen molar-refractivity contribution in [3.8, 4) is 11.4 Å². The van der Waals surface area contributed by atoms with E-state index in [1.54, 1.807) is 0 Å². The van der Waals surface area contributed by atoms with Crippen molar-refractivity contribution in [3.05, 3.63) is 71.1 Å². The first kappa shape index (κ1) is 18.9. The SMILES string of the molecule is CN(C)C(=NCc1ccccc1)NCCc1nc(-c2cccc(Cl)c2)no1. The molecule has 1 aromatic heterocycles. The first-order valence-corrected chi connectivity index (χ1v) is 9.08. The van der Waals surface area contributed by atoms with Crippen molar-refractivity contribution in [1.82, 2.24) is 20.4 Å². The number of nitrogens with zero attached hydrogens (tertiary/aromatic N) is 4. The molecule has 0 spiro atoms. The molecule has 0 aliphatic heterocycles. The standard InChI is InChI=1S/C20H22ClN5O/c1-26(2)20(23-14-15-7-4-3-5-8-15)22-12-11-18-24-19(25-27-18)16-9-6-10-17(21)13-16/h3-10,13H,11-12,14H2,1-2H3,(H,22,23). The molecule has 0 aliphatic carbocycles. The Morgan fingerprint density at radius 2 is 1.96 bits per heavy atom. The van der Waals surface area contributed by atoms with Crippen LogP contribution in [0.1, 0.15) is 11.5 Å². The highest BCUT2D eigenvalue weighted by atomic mass is 35.5. The highest BCUT2D eigenvalue weighted by Gasteiger charge is 2.09. The van der Waals surface area contributed by atoms with Crippen LogP contribution in [0.25, 0.3) is 11.4 Å². The molecule has 0 radical (unpaired) electrons. The number of aliphatic imine (C=N–C) groups is 1. The molecule has 1 heterocycles. The molecule has 27 heavy (non-hydrogen) atoms. The Labute approximate surface area is 163 Å². The van der Waals surface area contributed by atoms with E-state index in [0.717, 1.165) is 11.5 Å². The zero-order valence-corrected chi connectivity index (χ0v) is 16.1. The molecule has 0 aliphatic rings. The van der Waals surface area contributed by atoms with Gasteiger partial charge in [0.15, 0.2) is 5.96 Å². The lowest BCUT2D eigenvalue weighted by Gasteiger charge is -2.17. The van der Waals surface area contributed by atoms with Crippen LogP contribution < -0.4 is 5.32 Å². The summed E-state index contributed by atoms with van der Waals surface area (Å²) in [6.45, 7) is 1.27. The zero-order chi connectivity index (χ0) is 19.1. The molecule has 1 N–H and O–H groups in total. The number of hydrogen-bond acceptors (Lipinski definition) is 4. The van der Waals surface area contributed by atoms with Gasteiger partial charge in [-0.15, -0.1) is 0 Å². The largest absolute Gasteiger partial charge is 0.356 e. The summed E-state index contributed by atoms with van der Waals surface area (Å²) in [4.78, 5) is 11.0. The number of guanidine groups is 1. The fourth-order valence-electron chi connectivity index (χ4n) is 2.49. The molecular weight excluding hydrogens is 362 g/mol. The fraction of sp³-hybridized carbons (Fsp3) is 0.250. The molecule has 140 valence electrons. The third-order valence-corrected chi connectivity index (χ3v) is 4.09. The quantitative estimate of drug-likeness (QED) is 0.520. The van der Waals surface area contributed by atoms with Crippen LogP contribution in [0.15, 0.2) is 64.1 Å². The van der Waals surface area contributed by atoms with E-state index < -0.39 is 0 Å². The second-order valence-electron chi connectivity index (χ2n) is 6.22. The van der Waals surface area contributed by atoms with Crippen LogP contribution in [-0.2, 0) is 13.0 Å². The maximum Gasteiger partial charge on any atom is 0.228 e. The van der Waals surface area contributed by atoms with Gasteiger partial charge in [0.1, 0.15) is 0 Å². The van der Waals surface area contributed by atoms with Gasteiger partial charge in [0.05, 0.1) is 6.54 Å². The number of hydrogen-bond donors (Lipinski definition) is 1. The van der Waals surface area contributed by atoms with Crippen molar-refractivity contribution in [2.45, 2.75) is 13.0 Å². The number of benzene rings is 2. The van der Waals surface area contributed by atoms with Crippen molar-refractivity contribution < 1.29 is 4.52 Å². The number of halogens is 1.